The quantitative estimate of drug-likeness (QED) is 0.471. The van der Waals surface area contributed by atoms with E-state index >= 15 is 0 Å². The molecule has 31 heavy (non-hydrogen) atoms. The first-order valence-electron chi connectivity index (χ1n) is 11.1. The highest BCUT2D eigenvalue weighted by atomic mass is 28.4. The maximum atomic E-state index is 13.2. The topological polar surface area (TPSA) is 71.1 Å². The first-order valence-corrected chi connectivity index (χ1v) is 14.0. The summed E-state index contributed by atoms with van der Waals surface area (Å²) >= 11 is 0. The monoisotopic (exact) mass is 446 g/mol. The number of Topliss-reactive ketones (excluding diaryl/α,β-unsaturated/α-hetero) is 1. The second-order valence-corrected chi connectivity index (χ2v) is 15.5. The third-order valence-corrected chi connectivity index (χ3v) is 12.5. The van der Waals surface area contributed by atoms with Crippen LogP contribution < -0.4 is 9.47 Å². The Bertz CT molecular complexity index is 933. The highest BCUT2D eigenvalue weighted by Gasteiger charge is 2.63. The third-order valence-electron chi connectivity index (χ3n) is 7.98. The zero-order chi connectivity index (χ0) is 22.8. The molecule has 1 saturated carbocycles. The van der Waals surface area contributed by atoms with Gasteiger partial charge in [0.25, 0.3) is 0 Å². The predicted octanol–water partition coefficient (Wildman–Crippen LogP) is 4.57. The van der Waals surface area contributed by atoms with Gasteiger partial charge in [-0.15, -0.1) is 0 Å². The predicted molar refractivity (Wildman–Crippen MR) is 120 cm³/mol. The van der Waals surface area contributed by atoms with Crippen LogP contribution >= 0.6 is 0 Å². The van der Waals surface area contributed by atoms with Crippen LogP contribution in [0.25, 0.3) is 0 Å². The van der Waals surface area contributed by atoms with E-state index in [1.54, 1.807) is 20.3 Å². The fraction of sp³-hybridized carbons (Fsp3) is 0.667. The van der Waals surface area contributed by atoms with E-state index in [0.29, 0.717) is 29.9 Å². The van der Waals surface area contributed by atoms with Crippen LogP contribution in [0.5, 0.6) is 11.5 Å². The third kappa shape index (κ3) is 3.19. The van der Waals surface area contributed by atoms with Gasteiger partial charge >= 0.3 is 0 Å². The summed E-state index contributed by atoms with van der Waals surface area (Å²) < 4.78 is 25.2. The summed E-state index contributed by atoms with van der Waals surface area (Å²) in [4.78, 5) is 24.4. The second kappa shape index (κ2) is 7.15. The first-order chi connectivity index (χ1) is 14.4. The van der Waals surface area contributed by atoms with Gasteiger partial charge in [0.05, 0.1) is 7.11 Å². The largest absolute Gasteiger partial charge is 0.493 e. The molecule has 6 nitrogen and oxygen atoms in total. The number of carbonyl (C=O) groups excluding carboxylic acids is 2. The zero-order valence-corrected chi connectivity index (χ0v) is 20.7. The molecule has 1 aliphatic heterocycles. The Morgan fingerprint density at radius 3 is 2.58 bits per heavy atom. The molecule has 0 N–H and O–H groups in total. The molecular weight excluding hydrogens is 412 g/mol. The van der Waals surface area contributed by atoms with Gasteiger partial charge in [-0.3, -0.25) is 4.79 Å². The maximum absolute atomic E-state index is 13.2. The number of hydrogen-bond acceptors (Lipinski definition) is 6. The molecule has 1 spiro atoms. The number of hydrogen-bond donors (Lipinski definition) is 0. The van der Waals surface area contributed by atoms with Crippen molar-refractivity contribution in [1.29, 1.82) is 0 Å². The molecule has 1 fully saturated rings. The zero-order valence-electron chi connectivity index (χ0n) is 19.7. The summed E-state index contributed by atoms with van der Waals surface area (Å²) in [7, 11) is 1.17. The Kier molecular flexibility index (Phi) is 5.19. The lowest BCUT2D eigenvalue weighted by Crippen LogP contribution is -2.63. The lowest BCUT2D eigenvalue weighted by atomic mass is 9.65. The fourth-order valence-electron chi connectivity index (χ4n) is 5.37. The summed E-state index contributed by atoms with van der Waals surface area (Å²) in [5, 5.41) is 0.0571. The van der Waals surface area contributed by atoms with E-state index in [1.807, 2.05) is 0 Å². The highest BCUT2D eigenvalue weighted by Crippen LogP contribution is 2.62. The van der Waals surface area contributed by atoms with E-state index in [9.17, 15) is 9.59 Å². The van der Waals surface area contributed by atoms with Crippen LogP contribution in [0, 0.1) is 0 Å². The fourth-order valence-corrected chi connectivity index (χ4v) is 6.73. The highest BCUT2D eigenvalue weighted by molar-refractivity contribution is 6.74. The van der Waals surface area contributed by atoms with Gasteiger partial charge in [0.1, 0.15) is 12.4 Å². The van der Waals surface area contributed by atoms with Gasteiger partial charge in [0.2, 0.25) is 5.79 Å². The minimum Gasteiger partial charge on any atom is -0.493 e. The average Bonchev–Trinajstić information content (AvgIpc) is 2.97. The molecule has 1 heterocycles. The Morgan fingerprint density at radius 2 is 2.00 bits per heavy atom. The lowest BCUT2D eigenvalue weighted by molar-refractivity contribution is -0.256. The number of ketones is 1. The molecule has 2 aliphatic carbocycles. The summed E-state index contributed by atoms with van der Waals surface area (Å²) in [6.07, 6.45) is 3.35. The van der Waals surface area contributed by atoms with Gasteiger partial charge in [-0.05, 0) is 42.6 Å². The summed E-state index contributed by atoms with van der Waals surface area (Å²) in [5.74, 6) is 0.232. The SMILES string of the molecule is COc1cc(CC=O)c2c3c1OC1(OC)C[C@@]3(CCC1O[Si](C)(C)C(C)(C)C)CC2=O. The summed E-state index contributed by atoms with van der Waals surface area (Å²) in [6.45, 7) is 11.1. The minimum atomic E-state index is -2.08. The van der Waals surface area contributed by atoms with Crippen LogP contribution in [-0.4, -0.2) is 46.5 Å². The van der Waals surface area contributed by atoms with Crippen molar-refractivity contribution in [1.82, 2.24) is 0 Å². The van der Waals surface area contributed by atoms with Crippen LogP contribution in [0.4, 0.5) is 0 Å². The van der Waals surface area contributed by atoms with Crippen LogP contribution in [0.3, 0.4) is 0 Å². The van der Waals surface area contributed by atoms with Gasteiger partial charge in [-0.1, -0.05) is 20.8 Å². The van der Waals surface area contributed by atoms with Crippen molar-refractivity contribution in [3.8, 4) is 11.5 Å². The molecule has 1 aromatic carbocycles. The summed E-state index contributed by atoms with van der Waals surface area (Å²) in [5.41, 5.74) is 1.92. The van der Waals surface area contributed by atoms with Crippen molar-refractivity contribution >= 4 is 20.4 Å². The smallest absolute Gasteiger partial charge is 0.236 e. The Labute approximate surface area is 185 Å². The van der Waals surface area contributed by atoms with Crippen molar-refractivity contribution < 1.29 is 28.2 Å². The number of fused-ring (bicyclic) bond motifs is 1. The Hall–Kier alpha value is -1.70. The van der Waals surface area contributed by atoms with Crippen LogP contribution in [0.2, 0.25) is 18.1 Å². The molecule has 1 aromatic rings. The average molecular weight is 447 g/mol. The number of methoxy groups -OCH3 is 2. The van der Waals surface area contributed by atoms with E-state index in [1.165, 1.54) is 0 Å². The van der Waals surface area contributed by atoms with E-state index < -0.39 is 14.1 Å². The molecule has 0 radical (unpaired) electrons. The minimum absolute atomic E-state index is 0.0571. The molecule has 2 bridgehead atoms. The lowest BCUT2D eigenvalue weighted by Gasteiger charge is -2.55. The van der Waals surface area contributed by atoms with Gasteiger partial charge in [-0.2, -0.15) is 0 Å². The van der Waals surface area contributed by atoms with Gasteiger partial charge in [0, 0.05) is 42.9 Å². The maximum Gasteiger partial charge on any atom is 0.236 e. The number of ether oxygens (including phenoxy) is 3. The number of aldehydes is 1. The van der Waals surface area contributed by atoms with Gasteiger partial charge in [0.15, 0.2) is 25.6 Å². The molecular formula is C24H34O6Si. The molecule has 2 unspecified atom stereocenters. The molecule has 0 amide bonds. The van der Waals surface area contributed by atoms with Crippen LogP contribution in [-0.2, 0) is 25.8 Å². The normalized spacial score (nSPS) is 29.4. The van der Waals surface area contributed by atoms with Crippen LogP contribution in [0.15, 0.2) is 6.07 Å². The Morgan fingerprint density at radius 1 is 1.29 bits per heavy atom. The van der Waals surface area contributed by atoms with Crippen molar-refractivity contribution in [3.63, 3.8) is 0 Å². The van der Waals surface area contributed by atoms with E-state index in [0.717, 1.165) is 30.3 Å². The van der Waals surface area contributed by atoms with Crippen LogP contribution in [0.1, 0.15) is 67.9 Å². The van der Waals surface area contributed by atoms with Crippen molar-refractivity contribution in [2.45, 2.75) is 88.3 Å². The van der Waals surface area contributed by atoms with E-state index in [-0.39, 0.29) is 28.8 Å². The van der Waals surface area contributed by atoms with Gasteiger partial charge < -0.3 is 23.4 Å². The number of rotatable bonds is 6. The number of carbonyl (C=O) groups is 2. The second-order valence-electron chi connectivity index (χ2n) is 10.8. The summed E-state index contributed by atoms with van der Waals surface area (Å²) in [6, 6.07) is 1.77. The number of benzene rings is 1. The molecule has 170 valence electrons. The molecule has 4 rings (SSSR count). The molecule has 0 saturated heterocycles. The van der Waals surface area contributed by atoms with Crippen molar-refractivity contribution in [3.05, 3.63) is 22.8 Å². The van der Waals surface area contributed by atoms with Crippen molar-refractivity contribution in [2.24, 2.45) is 0 Å². The van der Waals surface area contributed by atoms with Crippen molar-refractivity contribution in [2.75, 3.05) is 14.2 Å². The molecule has 3 aliphatic rings. The molecule has 0 aromatic heterocycles. The van der Waals surface area contributed by atoms with E-state index in [2.05, 4.69) is 33.9 Å². The van der Waals surface area contributed by atoms with E-state index in [4.69, 9.17) is 18.6 Å². The molecule has 7 heteroatoms. The first kappa shape index (κ1) is 22.5. The molecule has 3 atom stereocenters. The standard InChI is InChI=1S/C24H34O6Si/c1-22(2,3)31(6,7)30-18-8-10-23-13-16(26)19-15(9-11-25)12-17(27-4)21(20(19)23)29-24(18,14-23)28-5/h11-12,18H,8-10,13-14H2,1-7H3/t18?,23-,24?/m1/s1. The van der Waals surface area contributed by atoms with Gasteiger partial charge in [-0.25, -0.2) is 0 Å². The Balaban J connectivity index is 1.85.